The molecule has 92 valence electrons. The van der Waals surface area contributed by atoms with E-state index in [-0.39, 0.29) is 11.8 Å². The van der Waals surface area contributed by atoms with Crippen LogP contribution in [0.25, 0.3) is 0 Å². The molecular weight excluding hydrogens is 344 g/mol. The maximum Gasteiger partial charge on any atom is 0.306 e. The molecule has 2 N–H and O–H groups in total. The van der Waals surface area contributed by atoms with Gasteiger partial charge in [0.25, 0.3) is 0 Å². The van der Waals surface area contributed by atoms with Crippen LogP contribution in [0.2, 0.25) is 0 Å². The van der Waals surface area contributed by atoms with Gasteiger partial charge in [-0.2, -0.15) is 0 Å². The molecular formula is C10H14Br2O4. The van der Waals surface area contributed by atoms with Crippen LogP contribution < -0.4 is 0 Å². The van der Waals surface area contributed by atoms with Gasteiger partial charge < -0.3 is 10.2 Å². The summed E-state index contributed by atoms with van der Waals surface area (Å²) in [5.41, 5.74) is 0. The predicted molar refractivity (Wildman–Crippen MR) is 66.1 cm³/mol. The Bertz CT molecular complexity index is 242. The summed E-state index contributed by atoms with van der Waals surface area (Å²) in [6.45, 7) is 0. The van der Waals surface area contributed by atoms with E-state index in [0.717, 1.165) is 25.7 Å². The highest BCUT2D eigenvalue weighted by Gasteiger charge is 2.32. The number of hydrogen-bond acceptors (Lipinski definition) is 2. The van der Waals surface area contributed by atoms with Gasteiger partial charge in [0.05, 0.1) is 11.8 Å². The standard InChI is InChI=1S/2C5H7BrO2/c2*6-4-1-3(2-4)5(7)8/h2*3-4H,1-2H2,(H,7,8). The molecule has 0 aromatic rings. The third-order valence-corrected chi connectivity index (χ3v) is 4.35. The Labute approximate surface area is 111 Å². The van der Waals surface area contributed by atoms with Gasteiger partial charge in [0, 0.05) is 9.65 Å². The molecule has 0 atom stereocenters. The molecule has 0 aromatic carbocycles. The molecule has 2 fully saturated rings. The van der Waals surface area contributed by atoms with Crippen molar-refractivity contribution in [1.29, 1.82) is 0 Å². The summed E-state index contributed by atoms with van der Waals surface area (Å²) in [5, 5.41) is 16.7. The molecule has 0 saturated heterocycles. The Hall–Kier alpha value is -0.100. The van der Waals surface area contributed by atoms with Gasteiger partial charge in [-0.25, -0.2) is 0 Å². The van der Waals surface area contributed by atoms with Crippen molar-refractivity contribution < 1.29 is 19.8 Å². The highest BCUT2D eigenvalue weighted by molar-refractivity contribution is 9.09. The first kappa shape index (κ1) is 14.0. The van der Waals surface area contributed by atoms with Gasteiger partial charge in [0.1, 0.15) is 0 Å². The molecule has 0 aromatic heterocycles. The zero-order valence-corrected chi connectivity index (χ0v) is 11.8. The van der Waals surface area contributed by atoms with Gasteiger partial charge in [-0.1, -0.05) is 31.9 Å². The lowest BCUT2D eigenvalue weighted by molar-refractivity contribution is -0.145. The number of rotatable bonds is 2. The fourth-order valence-electron chi connectivity index (χ4n) is 1.50. The predicted octanol–water partition coefficient (Wildman–Crippen LogP) is 2.49. The molecule has 6 heteroatoms. The second-order valence-corrected chi connectivity index (χ2v) is 6.80. The average Bonchev–Trinajstić information content (AvgIpc) is 2.08. The van der Waals surface area contributed by atoms with Gasteiger partial charge in [-0.15, -0.1) is 0 Å². The van der Waals surface area contributed by atoms with Crippen molar-refractivity contribution in [1.82, 2.24) is 0 Å². The molecule has 0 radical (unpaired) electrons. The topological polar surface area (TPSA) is 74.6 Å². The van der Waals surface area contributed by atoms with E-state index in [1.807, 2.05) is 0 Å². The maximum absolute atomic E-state index is 10.1. The zero-order chi connectivity index (χ0) is 12.3. The summed E-state index contributed by atoms with van der Waals surface area (Å²) >= 11 is 6.61. The SMILES string of the molecule is O=C(O)C1CC(Br)C1.O=C(O)C1CC(Br)C1. The smallest absolute Gasteiger partial charge is 0.306 e. The monoisotopic (exact) mass is 356 g/mol. The third kappa shape index (κ3) is 4.05. The summed E-state index contributed by atoms with van der Waals surface area (Å²) in [5.74, 6) is -1.44. The lowest BCUT2D eigenvalue weighted by atomic mass is 9.86. The highest BCUT2D eigenvalue weighted by atomic mass is 79.9. The summed E-state index contributed by atoms with van der Waals surface area (Å²) < 4.78 is 0. The first-order valence-electron chi connectivity index (χ1n) is 5.14. The van der Waals surface area contributed by atoms with Crippen LogP contribution in [0, 0.1) is 11.8 Å². The molecule has 0 bridgehead atoms. The van der Waals surface area contributed by atoms with Crippen molar-refractivity contribution >= 4 is 43.8 Å². The van der Waals surface area contributed by atoms with E-state index in [9.17, 15) is 9.59 Å². The number of carbonyl (C=O) groups is 2. The Morgan fingerprint density at radius 2 is 1.06 bits per heavy atom. The van der Waals surface area contributed by atoms with Gasteiger partial charge in [0.15, 0.2) is 0 Å². The van der Waals surface area contributed by atoms with E-state index in [1.54, 1.807) is 0 Å². The second kappa shape index (κ2) is 6.00. The first-order chi connectivity index (χ1) is 7.40. The molecule has 4 nitrogen and oxygen atoms in total. The minimum Gasteiger partial charge on any atom is -0.481 e. The molecule has 0 amide bonds. The van der Waals surface area contributed by atoms with E-state index in [1.165, 1.54) is 0 Å². The minimum absolute atomic E-state index is 0.0700. The van der Waals surface area contributed by atoms with E-state index >= 15 is 0 Å². The van der Waals surface area contributed by atoms with Gasteiger partial charge in [-0.05, 0) is 25.7 Å². The van der Waals surface area contributed by atoms with Crippen LogP contribution in [0.3, 0.4) is 0 Å². The van der Waals surface area contributed by atoms with E-state index in [2.05, 4.69) is 31.9 Å². The Balaban J connectivity index is 0.000000160. The largest absolute Gasteiger partial charge is 0.481 e. The summed E-state index contributed by atoms with van der Waals surface area (Å²) in [6, 6.07) is 0. The zero-order valence-electron chi connectivity index (χ0n) is 8.60. The molecule has 0 heterocycles. The molecule has 16 heavy (non-hydrogen) atoms. The van der Waals surface area contributed by atoms with Crippen molar-refractivity contribution in [3.05, 3.63) is 0 Å². The number of halogens is 2. The second-order valence-electron chi connectivity index (χ2n) is 4.21. The third-order valence-electron chi connectivity index (χ3n) is 2.86. The van der Waals surface area contributed by atoms with Crippen LogP contribution >= 0.6 is 31.9 Å². The van der Waals surface area contributed by atoms with Crippen molar-refractivity contribution in [2.24, 2.45) is 11.8 Å². The summed E-state index contributed by atoms with van der Waals surface area (Å²) in [6.07, 6.45) is 3.20. The number of aliphatic carboxylic acids is 2. The van der Waals surface area contributed by atoms with Crippen LogP contribution in [0.4, 0.5) is 0 Å². The average molecular weight is 358 g/mol. The molecule has 2 aliphatic rings. The quantitative estimate of drug-likeness (QED) is 0.744. The van der Waals surface area contributed by atoms with Crippen LogP contribution in [0.1, 0.15) is 25.7 Å². The summed E-state index contributed by atoms with van der Waals surface area (Å²) in [7, 11) is 0. The fourth-order valence-corrected chi connectivity index (χ4v) is 3.31. The van der Waals surface area contributed by atoms with Crippen LogP contribution in [-0.2, 0) is 9.59 Å². The molecule has 0 aliphatic heterocycles. The molecule has 0 spiro atoms. The van der Waals surface area contributed by atoms with Crippen molar-refractivity contribution in [2.45, 2.75) is 35.3 Å². The van der Waals surface area contributed by atoms with E-state index in [4.69, 9.17) is 10.2 Å². The number of carboxylic acids is 2. The van der Waals surface area contributed by atoms with Crippen molar-refractivity contribution in [2.75, 3.05) is 0 Å². The minimum atomic E-state index is -0.652. The van der Waals surface area contributed by atoms with E-state index < -0.39 is 11.9 Å². The van der Waals surface area contributed by atoms with Crippen LogP contribution in [0.5, 0.6) is 0 Å². The number of hydrogen-bond donors (Lipinski definition) is 2. The molecule has 0 unspecified atom stereocenters. The Kier molecular flexibility index (Phi) is 5.24. The maximum atomic E-state index is 10.1. The van der Waals surface area contributed by atoms with Gasteiger partial charge in [0.2, 0.25) is 0 Å². The van der Waals surface area contributed by atoms with Gasteiger partial charge in [-0.3, -0.25) is 9.59 Å². The highest BCUT2D eigenvalue weighted by Crippen LogP contribution is 2.33. The lowest BCUT2D eigenvalue weighted by Gasteiger charge is -2.26. The van der Waals surface area contributed by atoms with E-state index in [0.29, 0.717) is 9.65 Å². The lowest BCUT2D eigenvalue weighted by Crippen LogP contribution is -2.30. The number of alkyl halides is 2. The Morgan fingerprint density at radius 1 is 0.812 bits per heavy atom. The fraction of sp³-hybridized carbons (Fsp3) is 0.800. The van der Waals surface area contributed by atoms with Crippen molar-refractivity contribution in [3.63, 3.8) is 0 Å². The summed E-state index contributed by atoms with van der Waals surface area (Å²) in [4.78, 5) is 21.1. The van der Waals surface area contributed by atoms with Crippen LogP contribution in [-0.4, -0.2) is 31.8 Å². The normalized spacial score (nSPS) is 36.1. The van der Waals surface area contributed by atoms with Crippen LogP contribution in [0.15, 0.2) is 0 Å². The Morgan fingerprint density at radius 3 is 1.12 bits per heavy atom. The van der Waals surface area contributed by atoms with Gasteiger partial charge >= 0.3 is 11.9 Å². The molecule has 2 rings (SSSR count). The molecule has 2 saturated carbocycles. The molecule has 2 aliphatic carbocycles. The number of carboxylic acid groups (broad SMARTS) is 2. The first-order valence-corrected chi connectivity index (χ1v) is 6.97. The van der Waals surface area contributed by atoms with Crippen molar-refractivity contribution in [3.8, 4) is 0 Å².